The molecule has 0 nitrogen and oxygen atoms in total. The van der Waals surface area contributed by atoms with Gasteiger partial charge >= 0.3 is 0 Å². The van der Waals surface area contributed by atoms with Gasteiger partial charge in [0, 0.05) is 0 Å². The van der Waals surface area contributed by atoms with Crippen LogP contribution in [0.2, 0.25) is 0 Å². The zero-order chi connectivity index (χ0) is 32.8. The fourth-order valence-corrected chi connectivity index (χ4v) is 8.67. The first-order valence-electron chi connectivity index (χ1n) is 17.4. The highest BCUT2D eigenvalue weighted by Gasteiger charge is 2.17. The van der Waals surface area contributed by atoms with Gasteiger partial charge in [0.2, 0.25) is 0 Å². The van der Waals surface area contributed by atoms with Crippen molar-refractivity contribution in [2.75, 3.05) is 0 Å². The van der Waals surface area contributed by atoms with Gasteiger partial charge < -0.3 is 0 Å². The second kappa shape index (κ2) is 10.5. The number of benzene rings is 11. The van der Waals surface area contributed by atoms with E-state index in [0.717, 1.165) is 0 Å². The summed E-state index contributed by atoms with van der Waals surface area (Å²) in [7, 11) is 0. The predicted octanol–water partition coefficient (Wildman–Crippen LogP) is 14.2. The molecule has 0 heteroatoms. The van der Waals surface area contributed by atoms with Crippen LogP contribution >= 0.6 is 0 Å². The average Bonchev–Trinajstić information content (AvgIpc) is 3.19. The summed E-state index contributed by atoms with van der Waals surface area (Å²) in [6.45, 7) is 0. The van der Waals surface area contributed by atoms with Crippen LogP contribution in [0.15, 0.2) is 182 Å². The van der Waals surface area contributed by atoms with Crippen molar-refractivity contribution >= 4 is 75.4 Å². The summed E-state index contributed by atoms with van der Waals surface area (Å²) >= 11 is 0. The third-order valence-electron chi connectivity index (χ3n) is 10.9. The first-order valence-corrected chi connectivity index (χ1v) is 17.4. The minimum atomic E-state index is 1.22. The standard InChI is InChI=1S/C50H30/c1-3-14-39-34(10-1)29-47(44-18-7-5-16-42(39)44)37-26-36(41-24-22-33-21-20-31-12-9-13-32-23-25-46(41)50(33)49(31)32)27-38(28-37)48-30-35-11-2-4-15-40(35)43-17-6-8-19-45(43)48/h1-30H. The molecule has 0 atom stereocenters. The molecular formula is C50H30. The Morgan fingerprint density at radius 3 is 1.16 bits per heavy atom. The minimum absolute atomic E-state index is 1.22. The Balaban J connectivity index is 1.27. The molecule has 0 fully saturated rings. The molecular weight excluding hydrogens is 601 g/mol. The molecule has 11 aromatic rings. The van der Waals surface area contributed by atoms with E-state index in [0.29, 0.717) is 0 Å². The topological polar surface area (TPSA) is 0 Å². The van der Waals surface area contributed by atoms with Crippen molar-refractivity contribution in [3.63, 3.8) is 0 Å². The molecule has 0 amide bonds. The molecule has 0 bridgehead atoms. The Kier molecular flexibility index (Phi) is 5.76. The van der Waals surface area contributed by atoms with Gasteiger partial charge in [0.25, 0.3) is 0 Å². The molecule has 0 N–H and O–H groups in total. The molecule has 0 saturated heterocycles. The smallest absolute Gasteiger partial charge is 0.00206 e. The lowest BCUT2D eigenvalue weighted by molar-refractivity contribution is 1.62. The Bertz CT molecular complexity index is 2990. The number of rotatable bonds is 3. The highest BCUT2D eigenvalue weighted by molar-refractivity contribution is 6.26. The van der Waals surface area contributed by atoms with E-state index in [1.807, 2.05) is 0 Å². The molecule has 11 rings (SSSR count). The molecule has 0 aliphatic carbocycles. The van der Waals surface area contributed by atoms with Gasteiger partial charge in [0.1, 0.15) is 0 Å². The maximum Gasteiger partial charge on any atom is -0.00206 e. The predicted molar refractivity (Wildman–Crippen MR) is 216 cm³/mol. The fourth-order valence-electron chi connectivity index (χ4n) is 8.67. The fraction of sp³-hybridized carbons (Fsp3) is 0. The summed E-state index contributed by atoms with van der Waals surface area (Å²) in [5.41, 5.74) is 7.44. The SMILES string of the molecule is c1ccc2c(c1)cc(-c1cc(-c3cc4ccccc4c4ccccc34)cc(-c3ccc4ccc5cccc6ccc3c4c56)c1)c1ccccc12. The van der Waals surface area contributed by atoms with Crippen molar-refractivity contribution in [3.8, 4) is 33.4 Å². The first kappa shape index (κ1) is 27.5. The van der Waals surface area contributed by atoms with Crippen LogP contribution in [0.4, 0.5) is 0 Å². The maximum atomic E-state index is 2.43. The van der Waals surface area contributed by atoms with Gasteiger partial charge in [-0.3, -0.25) is 0 Å². The van der Waals surface area contributed by atoms with Crippen LogP contribution in [0, 0.1) is 0 Å². The third kappa shape index (κ3) is 4.00. The van der Waals surface area contributed by atoms with Crippen molar-refractivity contribution in [2.45, 2.75) is 0 Å². The normalized spacial score (nSPS) is 12.0. The highest BCUT2D eigenvalue weighted by Crippen LogP contribution is 2.44. The summed E-state index contributed by atoms with van der Waals surface area (Å²) in [6.07, 6.45) is 0. The van der Waals surface area contributed by atoms with Crippen LogP contribution in [-0.2, 0) is 0 Å². The van der Waals surface area contributed by atoms with Gasteiger partial charge in [-0.25, -0.2) is 0 Å². The summed E-state index contributed by atoms with van der Waals surface area (Å²) in [4.78, 5) is 0. The van der Waals surface area contributed by atoms with Crippen molar-refractivity contribution < 1.29 is 0 Å². The van der Waals surface area contributed by atoms with Crippen LogP contribution < -0.4 is 0 Å². The summed E-state index contributed by atoms with van der Waals surface area (Å²) in [6, 6.07) is 67.8. The number of fused-ring (bicyclic) bond motifs is 6. The largest absolute Gasteiger partial charge is 0.0616 e. The summed E-state index contributed by atoms with van der Waals surface area (Å²) in [5, 5.41) is 18.0. The Morgan fingerprint density at radius 1 is 0.200 bits per heavy atom. The summed E-state index contributed by atoms with van der Waals surface area (Å²) < 4.78 is 0. The molecule has 0 heterocycles. The molecule has 0 unspecified atom stereocenters. The molecule has 0 radical (unpaired) electrons. The van der Waals surface area contributed by atoms with Gasteiger partial charge in [-0.05, 0) is 139 Å². The van der Waals surface area contributed by atoms with Crippen LogP contribution in [0.1, 0.15) is 0 Å². The second-order valence-electron chi connectivity index (χ2n) is 13.6. The van der Waals surface area contributed by atoms with Crippen LogP contribution in [0.25, 0.3) is 109 Å². The lowest BCUT2D eigenvalue weighted by atomic mass is 9.85. The van der Waals surface area contributed by atoms with E-state index in [2.05, 4.69) is 182 Å². The first-order chi connectivity index (χ1) is 24.8. The van der Waals surface area contributed by atoms with Crippen molar-refractivity contribution in [1.82, 2.24) is 0 Å². The lowest BCUT2D eigenvalue weighted by Gasteiger charge is -2.18. The Hall–Kier alpha value is -6.50. The van der Waals surface area contributed by atoms with Crippen molar-refractivity contribution in [1.29, 1.82) is 0 Å². The monoisotopic (exact) mass is 630 g/mol. The van der Waals surface area contributed by atoms with Gasteiger partial charge in [-0.15, -0.1) is 0 Å². The van der Waals surface area contributed by atoms with Crippen molar-refractivity contribution in [3.05, 3.63) is 182 Å². The van der Waals surface area contributed by atoms with Crippen LogP contribution in [0.5, 0.6) is 0 Å². The average molecular weight is 631 g/mol. The van der Waals surface area contributed by atoms with Crippen molar-refractivity contribution in [2.24, 2.45) is 0 Å². The molecule has 0 aliphatic heterocycles. The Morgan fingerprint density at radius 2 is 0.600 bits per heavy atom. The molecule has 50 heavy (non-hydrogen) atoms. The van der Waals surface area contributed by atoms with Gasteiger partial charge in [0.15, 0.2) is 0 Å². The van der Waals surface area contributed by atoms with E-state index >= 15 is 0 Å². The zero-order valence-electron chi connectivity index (χ0n) is 27.3. The highest BCUT2D eigenvalue weighted by atomic mass is 14.2. The lowest BCUT2D eigenvalue weighted by Crippen LogP contribution is -1.91. The Labute approximate surface area is 289 Å². The number of hydrogen-bond donors (Lipinski definition) is 0. The summed E-state index contributed by atoms with van der Waals surface area (Å²) in [5.74, 6) is 0. The van der Waals surface area contributed by atoms with Crippen LogP contribution in [-0.4, -0.2) is 0 Å². The second-order valence-corrected chi connectivity index (χ2v) is 13.6. The van der Waals surface area contributed by atoms with E-state index in [9.17, 15) is 0 Å². The quantitative estimate of drug-likeness (QED) is 0.170. The molecule has 230 valence electrons. The molecule has 0 spiro atoms. The molecule has 0 aromatic heterocycles. The maximum absolute atomic E-state index is 2.43. The van der Waals surface area contributed by atoms with Gasteiger partial charge in [-0.1, -0.05) is 152 Å². The molecule has 11 aromatic carbocycles. The van der Waals surface area contributed by atoms with E-state index < -0.39 is 0 Å². The number of hydrogen-bond acceptors (Lipinski definition) is 0. The minimum Gasteiger partial charge on any atom is -0.0616 e. The van der Waals surface area contributed by atoms with E-state index in [1.165, 1.54) is 109 Å². The van der Waals surface area contributed by atoms with E-state index in [1.54, 1.807) is 0 Å². The van der Waals surface area contributed by atoms with E-state index in [4.69, 9.17) is 0 Å². The van der Waals surface area contributed by atoms with Gasteiger partial charge in [0.05, 0.1) is 0 Å². The third-order valence-corrected chi connectivity index (χ3v) is 10.9. The van der Waals surface area contributed by atoms with Crippen LogP contribution in [0.3, 0.4) is 0 Å². The molecule has 0 saturated carbocycles. The van der Waals surface area contributed by atoms with E-state index in [-0.39, 0.29) is 0 Å². The zero-order valence-corrected chi connectivity index (χ0v) is 27.3. The van der Waals surface area contributed by atoms with Gasteiger partial charge in [-0.2, -0.15) is 0 Å². The molecule has 0 aliphatic rings.